The fourth-order valence-corrected chi connectivity index (χ4v) is 2.71. The lowest BCUT2D eigenvalue weighted by molar-refractivity contribution is -0.0999. The Hall–Kier alpha value is 0.310. The molecule has 0 bridgehead atoms. The maximum absolute atomic E-state index is 5.89. The zero-order valence-corrected chi connectivity index (χ0v) is 7.79. The van der Waals surface area contributed by atoms with E-state index in [4.69, 9.17) is 4.74 Å². The molecule has 1 saturated carbocycles. The minimum Gasteiger partial charge on any atom is -0.374 e. The molecule has 2 aliphatic rings. The zero-order chi connectivity index (χ0) is 7.57. The van der Waals surface area contributed by atoms with E-state index in [1.54, 1.807) is 0 Å². The Balaban J connectivity index is 1.86. The van der Waals surface area contributed by atoms with Gasteiger partial charge in [-0.15, -0.1) is 0 Å². The summed E-state index contributed by atoms with van der Waals surface area (Å²) in [4.78, 5) is 0. The van der Waals surface area contributed by atoms with Crippen LogP contribution in [0.1, 0.15) is 32.1 Å². The average molecular weight is 172 g/mol. The summed E-state index contributed by atoms with van der Waals surface area (Å²) in [7, 11) is 0. The predicted octanol–water partition coefficient (Wildman–Crippen LogP) is 2.45. The number of hydrogen-bond acceptors (Lipinski definition) is 2. The number of hydrogen-bond donors (Lipinski definition) is 0. The van der Waals surface area contributed by atoms with E-state index in [0.717, 1.165) is 6.61 Å². The Bertz CT molecular complexity index is 122. The minimum absolute atomic E-state index is 0.362. The first-order chi connectivity index (χ1) is 5.41. The van der Waals surface area contributed by atoms with Crippen molar-refractivity contribution in [1.29, 1.82) is 0 Å². The van der Waals surface area contributed by atoms with Crippen molar-refractivity contribution in [3.8, 4) is 0 Å². The summed E-state index contributed by atoms with van der Waals surface area (Å²) in [6, 6.07) is 0. The fourth-order valence-electron chi connectivity index (χ4n) is 1.95. The Morgan fingerprint density at radius 2 is 1.82 bits per heavy atom. The molecule has 1 saturated heterocycles. The van der Waals surface area contributed by atoms with Crippen molar-refractivity contribution in [2.75, 3.05) is 18.1 Å². The summed E-state index contributed by atoms with van der Waals surface area (Å²) in [5, 5.41) is 0. The van der Waals surface area contributed by atoms with Crippen LogP contribution in [0, 0.1) is 0 Å². The summed E-state index contributed by atoms with van der Waals surface area (Å²) < 4.78 is 5.89. The largest absolute Gasteiger partial charge is 0.374 e. The van der Waals surface area contributed by atoms with Crippen LogP contribution in [0.2, 0.25) is 0 Å². The molecule has 0 N–H and O–H groups in total. The average Bonchev–Trinajstić information content (AvgIpc) is 1.82. The lowest BCUT2D eigenvalue weighted by Crippen LogP contribution is -2.41. The van der Waals surface area contributed by atoms with Gasteiger partial charge in [0.1, 0.15) is 0 Å². The predicted molar refractivity (Wildman–Crippen MR) is 49.1 cm³/mol. The third-order valence-electron chi connectivity index (χ3n) is 2.82. The summed E-state index contributed by atoms with van der Waals surface area (Å²) in [5.41, 5.74) is 0.362. The van der Waals surface area contributed by atoms with Gasteiger partial charge in [-0.3, -0.25) is 0 Å². The van der Waals surface area contributed by atoms with Crippen molar-refractivity contribution < 1.29 is 4.74 Å². The van der Waals surface area contributed by atoms with E-state index < -0.39 is 0 Å². The Kier molecular flexibility index (Phi) is 2.42. The third-order valence-corrected chi connectivity index (χ3v) is 3.85. The molecule has 2 heteroatoms. The minimum atomic E-state index is 0.362. The summed E-state index contributed by atoms with van der Waals surface area (Å²) in [5.74, 6) is 2.56. The summed E-state index contributed by atoms with van der Waals surface area (Å²) >= 11 is 2.04. The van der Waals surface area contributed by atoms with Gasteiger partial charge in [0.25, 0.3) is 0 Å². The molecule has 0 aromatic rings. The number of thioether (sulfide) groups is 1. The molecular formula is C9H16OS. The van der Waals surface area contributed by atoms with Crippen LogP contribution in [0.5, 0.6) is 0 Å². The van der Waals surface area contributed by atoms with Crippen molar-refractivity contribution in [1.82, 2.24) is 0 Å². The molecule has 1 heterocycles. The first kappa shape index (κ1) is 7.93. The molecule has 1 aliphatic heterocycles. The second-order valence-electron chi connectivity index (χ2n) is 3.60. The van der Waals surface area contributed by atoms with Crippen LogP contribution in [0.4, 0.5) is 0 Å². The van der Waals surface area contributed by atoms with Crippen molar-refractivity contribution in [3.05, 3.63) is 0 Å². The highest BCUT2D eigenvalue weighted by molar-refractivity contribution is 7.99. The standard InChI is InChI=1S/C9H16OS/c1-3-9(4-1)5-2-7-11-8-6-10-9/h1-8H2. The normalized spacial score (nSPS) is 30.5. The number of ether oxygens (including phenoxy) is 1. The molecular weight excluding hydrogens is 156 g/mol. The highest BCUT2D eigenvalue weighted by Crippen LogP contribution is 2.40. The number of rotatable bonds is 0. The fraction of sp³-hybridized carbons (Fsp3) is 1.00. The molecule has 0 aromatic carbocycles. The van der Waals surface area contributed by atoms with E-state index >= 15 is 0 Å². The topological polar surface area (TPSA) is 9.23 Å². The van der Waals surface area contributed by atoms with Gasteiger partial charge in [-0.05, 0) is 37.9 Å². The van der Waals surface area contributed by atoms with Gasteiger partial charge in [-0.1, -0.05) is 0 Å². The first-order valence-corrected chi connectivity index (χ1v) is 5.79. The van der Waals surface area contributed by atoms with E-state index in [2.05, 4.69) is 0 Å². The second-order valence-corrected chi connectivity index (χ2v) is 4.83. The van der Waals surface area contributed by atoms with Gasteiger partial charge in [0.05, 0.1) is 12.2 Å². The maximum atomic E-state index is 5.89. The van der Waals surface area contributed by atoms with Gasteiger partial charge < -0.3 is 4.74 Å². The van der Waals surface area contributed by atoms with Crippen LogP contribution in [-0.4, -0.2) is 23.7 Å². The Morgan fingerprint density at radius 3 is 2.55 bits per heavy atom. The molecule has 64 valence electrons. The van der Waals surface area contributed by atoms with Crippen molar-refractivity contribution in [2.45, 2.75) is 37.7 Å². The van der Waals surface area contributed by atoms with Crippen LogP contribution in [0.3, 0.4) is 0 Å². The van der Waals surface area contributed by atoms with E-state index in [-0.39, 0.29) is 0 Å². The first-order valence-electron chi connectivity index (χ1n) is 4.63. The molecule has 0 radical (unpaired) electrons. The molecule has 0 unspecified atom stereocenters. The van der Waals surface area contributed by atoms with Crippen LogP contribution >= 0.6 is 11.8 Å². The quantitative estimate of drug-likeness (QED) is 0.555. The highest BCUT2D eigenvalue weighted by Gasteiger charge is 2.37. The van der Waals surface area contributed by atoms with Crippen LogP contribution in [0.25, 0.3) is 0 Å². The Morgan fingerprint density at radius 1 is 1.00 bits per heavy atom. The van der Waals surface area contributed by atoms with Gasteiger partial charge >= 0.3 is 0 Å². The van der Waals surface area contributed by atoms with E-state index in [9.17, 15) is 0 Å². The van der Waals surface area contributed by atoms with Crippen molar-refractivity contribution in [2.24, 2.45) is 0 Å². The third kappa shape index (κ3) is 1.73. The molecule has 1 aliphatic carbocycles. The van der Waals surface area contributed by atoms with E-state index in [1.165, 1.54) is 43.6 Å². The van der Waals surface area contributed by atoms with Gasteiger partial charge in [0.2, 0.25) is 0 Å². The van der Waals surface area contributed by atoms with Gasteiger partial charge in [0, 0.05) is 5.75 Å². The van der Waals surface area contributed by atoms with Gasteiger partial charge in [-0.2, -0.15) is 11.8 Å². The van der Waals surface area contributed by atoms with Gasteiger partial charge in [0.15, 0.2) is 0 Å². The van der Waals surface area contributed by atoms with Gasteiger partial charge in [-0.25, -0.2) is 0 Å². The molecule has 0 aromatic heterocycles. The lowest BCUT2D eigenvalue weighted by Gasteiger charge is -2.42. The van der Waals surface area contributed by atoms with Crippen molar-refractivity contribution in [3.63, 3.8) is 0 Å². The monoisotopic (exact) mass is 172 g/mol. The van der Waals surface area contributed by atoms with Crippen LogP contribution < -0.4 is 0 Å². The zero-order valence-electron chi connectivity index (χ0n) is 6.97. The second kappa shape index (κ2) is 3.36. The molecule has 1 spiro atoms. The highest BCUT2D eigenvalue weighted by atomic mass is 32.2. The summed E-state index contributed by atoms with van der Waals surface area (Å²) in [6.45, 7) is 0.991. The van der Waals surface area contributed by atoms with Crippen molar-refractivity contribution >= 4 is 11.8 Å². The molecule has 0 amide bonds. The Labute approximate surface area is 72.9 Å². The van der Waals surface area contributed by atoms with Crippen LogP contribution in [-0.2, 0) is 4.74 Å². The summed E-state index contributed by atoms with van der Waals surface area (Å²) in [6.07, 6.45) is 6.74. The van der Waals surface area contributed by atoms with Crippen LogP contribution in [0.15, 0.2) is 0 Å². The van der Waals surface area contributed by atoms with E-state index in [1.807, 2.05) is 11.8 Å². The molecule has 11 heavy (non-hydrogen) atoms. The molecule has 2 rings (SSSR count). The maximum Gasteiger partial charge on any atom is 0.0683 e. The molecule has 1 nitrogen and oxygen atoms in total. The smallest absolute Gasteiger partial charge is 0.0683 e. The molecule has 2 fully saturated rings. The SMILES string of the molecule is C1CSCCOC2(C1)CCC2. The molecule has 0 atom stereocenters. The lowest BCUT2D eigenvalue weighted by atomic mass is 9.77. The van der Waals surface area contributed by atoms with E-state index in [0.29, 0.717) is 5.60 Å².